The third-order valence-corrected chi connectivity index (χ3v) is 2.72. The normalized spacial score (nSPS) is 11.4. The molecule has 0 N–H and O–H groups in total. The van der Waals surface area contributed by atoms with Crippen molar-refractivity contribution in [3.05, 3.63) is 48.3 Å². The van der Waals surface area contributed by atoms with Gasteiger partial charge >= 0.3 is 0 Å². The number of para-hydroxylation sites is 1. The molecule has 0 radical (unpaired) electrons. The fraction of sp³-hybridized carbons (Fsp3) is 0.286. The van der Waals surface area contributed by atoms with Crippen LogP contribution in [0.5, 0.6) is 0 Å². The molecule has 0 bridgehead atoms. The molecular formula is C14H18N2. The van der Waals surface area contributed by atoms with Crippen LogP contribution in [0.1, 0.15) is 5.56 Å². The van der Waals surface area contributed by atoms with Crippen molar-refractivity contribution in [2.24, 2.45) is 7.05 Å². The zero-order valence-electron chi connectivity index (χ0n) is 10.1. The first kappa shape index (κ1) is 10.8. The van der Waals surface area contributed by atoms with Gasteiger partial charge in [-0.05, 0) is 24.3 Å². The third-order valence-electron chi connectivity index (χ3n) is 2.72. The van der Waals surface area contributed by atoms with Crippen molar-refractivity contribution < 1.29 is 0 Å². The van der Waals surface area contributed by atoms with Crippen LogP contribution in [0.15, 0.2) is 42.7 Å². The van der Waals surface area contributed by atoms with E-state index in [9.17, 15) is 0 Å². The second-order valence-electron chi connectivity index (χ2n) is 4.33. The Kier molecular flexibility index (Phi) is 3.00. The topological polar surface area (TPSA) is 8.17 Å². The molecule has 1 heterocycles. The number of aryl methyl sites for hydroxylation is 1. The number of rotatable bonds is 3. The van der Waals surface area contributed by atoms with Crippen molar-refractivity contribution in [2.45, 2.75) is 6.42 Å². The first-order valence-corrected chi connectivity index (χ1v) is 5.54. The van der Waals surface area contributed by atoms with Crippen LogP contribution in [-0.2, 0) is 13.5 Å². The van der Waals surface area contributed by atoms with Gasteiger partial charge in [-0.25, -0.2) is 0 Å². The largest absolute Gasteiger partial charge is 0.384 e. The molecule has 0 atom stereocenters. The molecule has 2 aromatic rings. The van der Waals surface area contributed by atoms with Gasteiger partial charge in [-0.15, -0.1) is 0 Å². The van der Waals surface area contributed by atoms with E-state index in [1.807, 2.05) is 14.1 Å². The lowest BCUT2D eigenvalue weighted by Gasteiger charge is -2.02. The summed E-state index contributed by atoms with van der Waals surface area (Å²) in [4.78, 5) is 2.06. The van der Waals surface area contributed by atoms with Crippen LogP contribution >= 0.6 is 0 Å². The van der Waals surface area contributed by atoms with Crippen LogP contribution in [0.4, 0.5) is 0 Å². The maximum atomic E-state index is 2.21. The lowest BCUT2D eigenvalue weighted by molar-refractivity contribution is 0.562. The molecule has 0 aliphatic rings. The molecule has 2 heteroatoms. The molecule has 0 spiro atoms. The van der Waals surface area contributed by atoms with E-state index in [2.05, 4.69) is 59.3 Å². The fourth-order valence-corrected chi connectivity index (χ4v) is 1.98. The average Bonchev–Trinajstić information content (AvgIpc) is 2.57. The molecule has 16 heavy (non-hydrogen) atoms. The molecule has 0 aliphatic carbocycles. The Labute approximate surface area is 96.8 Å². The van der Waals surface area contributed by atoms with E-state index < -0.39 is 0 Å². The van der Waals surface area contributed by atoms with E-state index >= 15 is 0 Å². The summed E-state index contributed by atoms with van der Waals surface area (Å²) < 4.78 is 2.19. The van der Waals surface area contributed by atoms with Crippen molar-refractivity contribution in [3.63, 3.8) is 0 Å². The number of fused-ring (bicyclic) bond motifs is 1. The molecular weight excluding hydrogens is 196 g/mol. The van der Waals surface area contributed by atoms with Gasteiger partial charge in [0.15, 0.2) is 0 Å². The van der Waals surface area contributed by atoms with Gasteiger partial charge in [0.05, 0.1) is 0 Å². The maximum Gasteiger partial charge on any atom is 0.0480 e. The summed E-state index contributed by atoms with van der Waals surface area (Å²) in [7, 11) is 6.18. The number of nitrogens with zero attached hydrogens (tertiary/aromatic N) is 2. The van der Waals surface area contributed by atoms with E-state index in [0.29, 0.717) is 0 Å². The highest BCUT2D eigenvalue weighted by molar-refractivity contribution is 5.84. The van der Waals surface area contributed by atoms with Gasteiger partial charge in [0.2, 0.25) is 0 Å². The predicted octanol–water partition coefficient (Wildman–Crippen LogP) is 2.80. The van der Waals surface area contributed by atoms with Crippen molar-refractivity contribution in [3.8, 4) is 0 Å². The summed E-state index contributed by atoms with van der Waals surface area (Å²) in [6.45, 7) is 0. The molecule has 0 fully saturated rings. The van der Waals surface area contributed by atoms with Crippen LogP contribution < -0.4 is 0 Å². The number of benzene rings is 1. The number of hydrogen-bond acceptors (Lipinski definition) is 1. The monoisotopic (exact) mass is 214 g/mol. The highest BCUT2D eigenvalue weighted by atomic mass is 15.0. The van der Waals surface area contributed by atoms with E-state index in [1.54, 1.807) is 0 Å². The summed E-state index contributed by atoms with van der Waals surface area (Å²) in [5.74, 6) is 0. The minimum absolute atomic E-state index is 0.986. The van der Waals surface area contributed by atoms with Crippen LogP contribution in [0.3, 0.4) is 0 Å². The Bertz CT molecular complexity index is 506. The SMILES string of the molecule is CN(C)/C=C/Cc1cn(C)c2ccccc12. The molecule has 0 saturated carbocycles. The van der Waals surface area contributed by atoms with E-state index in [0.717, 1.165) is 6.42 Å². The second-order valence-corrected chi connectivity index (χ2v) is 4.33. The van der Waals surface area contributed by atoms with Gasteiger partial charge in [-0.3, -0.25) is 0 Å². The molecule has 1 aromatic carbocycles. The van der Waals surface area contributed by atoms with Crippen LogP contribution in [0.25, 0.3) is 10.9 Å². The standard InChI is InChI=1S/C14H18N2/c1-15(2)10-6-7-12-11-16(3)14-9-5-4-8-13(12)14/h4-6,8-11H,7H2,1-3H3/b10-6+. The molecule has 2 rings (SSSR count). The summed E-state index contributed by atoms with van der Waals surface area (Å²) >= 11 is 0. The summed E-state index contributed by atoms with van der Waals surface area (Å²) in [5.41, 5.74) is 2.69. The summed E-state index contributed by atoms with van der Waals surface area (Å²) in [5, 5.41) is 1.36. The van der Waals surface area contributed by atoms with E-state index in [4.69, 9.17) is 0 Å². The van der Waals surface area contributed by atoms with Gasteiger partial charge in [-0.1, -0.05) is 24.3 Å². The second kappa shape index (κ2) is 4.44. The molecule has 0 unspecified atom stereocenters. The third kappa shape index (κ3) is 2.11. The van der Waals surface area contributed by atoms with E-state index in [-0.39, 0.29) is 0 Å². The minimum atomic E-state index is 0.986. The lowest BCUT2D eigenvalue weighted by Crippen LogP contribution is -2.00. The Morgan fingerprint density at radius 3 is 2.75 bits per heavy atom. The molecule has 0 saturated heterocycles. The average molecular weight is 214 g/mol. The van der Waals surface area contributed by atoms with Crippen molar-refractivity contribution >= 4 is 10.9 Å². The minimum Gasteiger partial charge on any atom is -0.384 e. The predicted molar refractivity (Wildman–Crippen MR) is 69.5 cm³/mol. The van der Waals surface area contributed by atoms with Gasteiger partial charge in [-0.2, -0.15) is 0 Å². The molecule has 84 valence electrons. The smallest absolute Gasteiger partial charge is 0.0480 e. The highest BCUT2D eigenvalue weighted by Gasteiger charge is 2.03. The Balaban J connectivity index is 2.31. The van der Waals surface area contributed by atoms with E-state index in [1.165, 1.54) is 16.5 Å². The van der Waals surface area contributed by atoms with Crippen LogP contribution in [0, 0.1) is 0 Å². The van der Waals surface area contributed by atoms with Gasteiger partial charge in [0.25, 0.3) is 0 Å². The number of aromatic nitrogens is 1. The first-order chi connectivity index (χ1) is 7.68. The number of allylic oxidation sites excluding steroid dienone is 1. The molecule has 2 nitrogen and oxygen atoms in total. The van der Waals surface area contributed by atoms with Crippen molar-refractivity contribution in [1.82, 2.24) is 9.47 Å². The Morgan fingerprint density at radius 1 is 1.25 bits per heavy atom. The highest BCUT2D eigenvalue weighted by Crippen LogP contribution is 2.20. The molecule has 0 aliphatic heterocycles. The van der Waals surface area contributed by atoms with Crippen molar-refractivity contribution in [2.75, 3.05) is 14.1 Å². The lowest BCUT2D eigenvalue weighted by atomic mass is 10.1. The quantitative estimate of drug-likeness (QED) is 0.762. The van der Waals surface area contributed by atoms with Crippen molar-refractivity contribution in [1.29, 1.82) is 0 Å². The Hall–Kier alpha value is -1.70. The van der Waals surface area contributed by atoms with Crippen LogP contribution in [-0.4, -0.2) is 23.6 Å². The maximum absolute atomic E-state index is 2.21. The number of hydrogen-bond donors (Lipinski definition) is 0. The zero-order chi connectivity index (χ0) is 11.5. The molecule has 0 amide bonds. The summed E-state index contributed by atoms with van der Waals surface area (Å²) in [6.07, 6.45) is 7.49. The Morgan fingerprint density at radius 2 is 2.00 bits per heavy atom. The zero-order valence-corrected chi connectivity index (χ0v) is 10.1. The fourth-order valence-electron chi connectivity index (χ4n) is 1.98. The molecule has 1 aromatic heterocycles. The van der Waals surface area contributed by atoms with Gasteiger partial charge in [0, 0.05) is 38.2 Å². The van der Waals surface area contributed by atoms with Gasteiger partial charge < -0.3 is 9.47 Å². The summed E-state index contributed by atoms with van der Waals surface area (Å²) in [6, 6.07) is 8.53. The van der Waals surface area contributed by atoms with Gasteiger partial charge in [0.1, 0.15) is 0 Å². The first-order valence-electron chi connectivity index (χ1n) is 5.54. The van der Waals surface area contributed by atoms with Crippen LogP contribution in [0.2, 0.25) is 0 Å².